The summed E-state index contributed by atoms with van der Waals surface area (Å²) in [6, 6.07) is 15.2. The molecule has 0 saturated carbocycles. The lowest BCUT2D eigenvalue weighted by atomic mass is 10.2. The number of aryl methyl sites for hydroxylation is 1. The lowest BCUT2D eigenvalue weighted by molar-refractivity contribution is 0.476. The number of aromatic hydroxyl groups is 1. The first-order valence-corrected chi connectivity index (χ1v) is 7.47. The van der Waals surface area contributed by atoms with Crippen molar-refractivity contribution in [3.63, 3.8) is 0 Å². The maximum atomic E-state index is 9.86. The molecule has 3 aromatic rings. The van der Waals surface area contributed by atoms with E-state index in [-0.39, 0.29) is 5.75 Å². The van der Waals surface area contributed by atoms with Crippen molar-refractivity contribution in [3.05, 3.63) is 48.5 Å². The Morgan fingerprint density at radius 1 is 0.857 bits per heavy atom. The molecule has 21 heavy (non-hydrogen) atoms. The first-order valence-electron chi connectivity index (χ1n) is 7.47. The molecular weight excluding hydrogens is 260 g/mol. The molecule has 0 saturated heterocycles. The summed E-state index contributed by atoms with van der Waals surface area (Å²) in [4.78, 5) is 4.55. The predicted molar refractivity (Wildman–Crippen MR) is 90.5 cm³/mol. The molecule has 1 N–H and O–H groups in total. The minimum atomic E-state index is 0.255. The van der Waals surface area contributed by atoms with Gasteiger partial charge in [-0.05, 0) is 24.3 Å². The quantitative estimate of drug-likeness (QED) is 0.683. The van der Waals surface area contributed by atoms with Crippen LogP contribution in [0.5, 0.6) is 5.75 Å². The van der Waals surface area contributed by atoms with Gasteiger partial charge in [0.15, 0.2) is 0 Å². The van der Waals surface area contributed by atoms with E-state index in [1.807, 2.05) is 81.8 Å². The van der Waals surface area contributed by atoms with Gasteiger partial charge in [0.1, 0.15) is 11.6 Å². The molecule has 1 heterocycles. The zero-order chi connectivity index (χ0) is 15.8. The van der Waals surface area contributed by atoms with E-state index in [9.17, 15) is 5.11 Å². The number of imidazole rings is 1. The highest BCUT2D eigenvalue weighted by Crippen LogP contribution is 2.29. The number of aromatic nitrogens is 2. The van der Waals surface area contributed by atoms with Gasteiger partial charge in [0, 0.05) is 7.05 Å². The number of hydrogen-bond acceptors (Lipinski definition) is 2. The fourth-order valence-corrected chi connectivity index (χ4v) is 2.05. The lowest BCUT2D eigenvalue weighted by Crippen LogP contribution is -1.92. The van der Waals surface area contributed by atoms with Crippen LogP contribution >= 0.6 is 0 Å². The molecule has 0 aliphatic carbocycles. The lowest BCUT2D eigenvalue weighted by Gasteiger charge is -2.04. The molecule has 3 rings (SSSR count). The van der Waals surface area contributed by atoms with Crippen molar-refractivity contribution in [2.75, 3.05) is 0 Å². The second kappa shape index (κ2) is 8.10. The van der Waals surface area contributed by atoms with Crippen LogP contribution in [0.25, 0.3) is 22.4 Å². The molecule has 112 valence electrons. The third-order valence-corrected chi connectivity index (χ3v) is 2.93. The van der Waals surface area contributed by atoms with Crippen LogP contribution in [0.15, 0.2) is 48.5 Å². The van der Waals surface area contributed by atoms with Crippen molar-refractivity contribution in [2.45, 2.75) is 27.7 Å². The summed E-state index contributed by atoms with van der Waals surface area (Å²) in [5.74, 6) is 1.04. The smallest absolute Gasteiger partial charge is 0.144 e. The number of phenolic OH excluding ortho intramolecular Hbond substituents is 1. The highest BCUT2D eigenvalue weighted by molar-refractivity contribution is 5.81. The highest BCUT2D eigenvalue weighted by Gasteiger charge is 2.11. The molecule has 0 aliphatic heterocycles. The summed E-state index contributed by atoms with van der Waals surface area (Å²) in [7, 11) is 1.96. The van der Waals surface area contributed by atoms with E-state index in [4.69, 9.17) is 0 Å². The summed E-state index contributed by atoms with van der Waals surface area (Å²) < 4.78 is 1.99. The second-order valence-electron chi connectivity index (χ2n) is 4.00. The van der Waals surface area contributed by atoms with E-state index >= 15 is 0 Å². The predicted octanol–water partition coefficient (Wildman–Crippen LogP) is 5.00. The van der Waals surface area contributed by atoms with Crippen LogP contribution < -0.4 is 0 Å². The molecule has 3 heteroatoms. The number of para-hydroxylation sites is 3. The molecular formula is C18H24N2O. The summed E-state index contributed by atoms with van der Waals surface area (Å²) in [6.45, 7) is 8.00. The molecule has 0 atom stereocenters. The Kier molecular flexibility index (Phi) is 6.47. The van der Waals surface area contributed by atoms with Gasteiger partial charge < -0.3 is 9.67 Å². The average Bonchev–Trinajstić information content (AvgIpc) is 2.89. The normalized spacial score (nSPS) is 9.38. The van der Waals surface area contributed by atoms with Crippen molar-refractivity contribution in [1.29, 1.82) is 0 Å². The van der Waals surface area contributed by atoms with Gasteiger partial charge in [-0.2, -0.15) is 0 Å². The number of phenols is 1. The fourth-order valence-electron chi connectivity index (χ4n) is 2.05. The van der Waals surface area contributed by atoms with Crippen LogP contribution in [0.1, 0.15) is 27.7 Å². The molecule has 0 spiro atoms. The van der Waals surface area contributed by atoms with Crippen molar-refractivity contribution >= 4 is 11.0 Å². The van der Waals surface area contributed by atoms with Crippen LogP contribution in [-0.4, -0.2) is 14.7 Å². The molecule has 0 unspecified atom stereocenters. The van der Waals surface area contributed by atoms with Gasteiger partial charge in [-0.1, -0.05) is 52.0 Å². The monoisotopic (exact) mass is 284 g/mol. The topological polar surface area (TPSA) is 38.0 Å². The van der Waals surface area contributed by atoms with E-state index in [1.54, 1.807) is 6.07 Å². The maximum absolute atomic E-state index is 9.86. The zero-order valence-electron chi connectivity index (χ0n) is 13.5. The average molecular weight is 284 g/mol. The Labute approximate surface area is 126 Å². The second-order valence-corrected chi connectivity index (χ2v) is 4.00. The minimum Gasteiger partial charge on any atom is -0.507 e. The molecule has 2 aromatic carbocycles. The Morgan fingerprint density at radius 3 is 2.05 bits per heavy atom. The van der Waals surface area contributed by atoms with Crippen molar-refractivity contribution in [2.24, 2.45) is 7.05 Å². The van der Waals surface area contributed by atoms with Gasteiger partial charge >= 0.3 is 0 Å². The Morgan fingerprint density at radius 2 is 1.43 bits per heavy atom. The van der Waals surface area contributed by atoms with Crippen molar-refractivity contribution in [3.8, 4) is 17.1 Å². The van der Waals surface area contributed by atoms with Crippen LogP contribution in [-0.2, 0) is 7.05 Å². The number of fused-ring (bicyclic) bond motifs is 1. The standard InChI is InChI=1S/C14H12N2O.2C2H6/c1-16-12-8-4-3-7-11(12)15-14(16)10-6-2-5-9-13(10)17;2*1-2/h2-9,17H,1H3;2*1-2H3. The SMILES string of the molecule is CC.CC.Cn1c(-c2ccccc2O)nc2ccccc21. The Balaban J connectivity index is 0.000000510. The number of hydrogen-bond donors (Lipinski definition) is 1. The number of nitrogens with zero attached hydrogens (tertiary/aromatic N) is 2. The van der Waals surface area contributed by atoms with Crippen LogP contribution in [0.2, 0.25) is 0 Å². The Hall–Kier alpha value is -2.29. The molecule has 0 bridgehead atoms. The van der Waals surface area contributed by atoms with E-state index in [0.717, 1.165) is 22.4 Å². The van der Waals surface area contributed by atoms with E-state index in [1.165, 1.54) is 0 Å². The minimum absolute atomic E-state index is 0.255. The van der Waals surface area contributed by atoms with Gasteiger partial charge in [0.25, 0.3) is 0 Å². The molecule has 0 amide bonds. The first-order chi connectivity index (χ1) is 10.3. The maximum Gasteiger partial charge on any atom is 0.144 e. The summed E-state index contributed by atoms with van der Waals surface area (Å²) in [5, 5.41) is 9.86. The summed E-state index contributed by atoms with van der Waals surface area (Å²) in [6.07, 6.45) is 0. The van der Waals surface area contributed by atoms with Crippen molar-refractivity contribution in [1.82, 2.24) is 9.55 Å². The van der Waals surface area contributed by atoms with E-state index in [0.29, 0.717) is 0 Å². The zero-order valence-corrected chi connectivity index (χ0v) is 13.5. The van der Waals surface area contributed by atoms with Gasteiger partial charge in [-0.15, -0.1) is 0 Å². The highest BCUT2D eigenvalue weighted by atomic mass is 16.3. The third kappa shape index (κ3) is 3.43. The molecule has 1 aromatic heterocycles. The fraction of sp³-hybridized carbons (Fsp3) is 0.278. The van der Waals surface area contributed by atoms with E-state index in [2.05, 4.69) is 4.98 Å². The summed E-state index contributed by atoms with van der Waals surface area (Å²) >= 11 is 0. The van der Waals surface area contributed by atoms with Crippen LogP contribution in [0.4, 0.5) is 0 Å². The molecule has 0 radical (unpaired) electrons. The van der Waals surface area contributed by atoms with Crippen LogP contribution in [0.3, 0.4) is 0 Å². The molecule has 3 nitrogen and oxygen atoms in total. The third-order valence-electron chi connectivity index (χ3n) is 2.93. The summed E-state index contributed by atoms with van der Waals surface area (Å²) in [5.41, 5.74) is 2.75. The number of benzene rings is 2. The molecule has 0 aliphatic rings. The number of rotatable bonds is 1. The van der Waals surface area contributed by atoms with Crippen LogP contribution in [0, 0.1) is 0 Å². The Bertz CT molecular complexity index is 687. The largest absolute Gasteiger partial charge is 0.507 e. The van der Waals surface area contributed by atoms with Gasteiger partial charge in [-0.3, -0.25) is 0 Å². The van der Waals surface area contributed by atoms with E-state index < -0.39 is 0 Å². The van der Waals surface area contributed by atoms with Gasteiger partial charge in [0.05, 0.1) is 16.6 Å². The molecule has 0 fully saturated rings. The van der Waals surface area contributed by atoms with Crippen molar-refractivity contribution < 1.29 is 5.11 Å². The van der Waals surface area contributed by atoms with Gasteiger partial charge in [0.2, 0.25) is 0 Å². The first kappa shape index (κ1) is 16.8. The van der Waals surface area contributed by atoms with Gasteiger partial charge in [-0.25, -0.2) is 4.98 Å².